The van der Waals surface area contributed by atoms with Crippen LogP contribution in [0.4, 0.5) is 21.6 Å². The average Bonchev–Trinajstić information content (AvgIpc) is 3.06. The predicted octanol–water partition coefficient (Wildman–Crippen LogP) is 4.92. The average molecular weight is 421 g/mol. The molecule has 0 atom stereocenters. The Balaban J connectivity index is 1.72. The van der Waals surface area contributed by atoms with Crippen LogP contribution in [-0.2, 0) is 12.7 Å². The van der Waals surface area contributed by atoms with Crippen molar-refractivity contribution in [1.29, 1.82) is 0 Å². The van der Waals surface area contributed by atoms with E-state index in [1.807, 2.05) is 43.6 Å². The molecule has 7 heteroatoms. The monoisotopic (exact) mass is 420 g/mol. The van der Waals surface area contributed by atoms with Gasteiger partial charge in [0.1, 0.15) is 11.5 Å². The zero-order valence-electron chi connectivity index (χ0n) is 18.6. The van der Waals surface area contributed by atoms with Crippen molar-refractivity contribution < 1.29 is 4.39 Å². The normalized spacial score (nSPS) is 14.2. The molecular formula is C24H29FN6. The standard InChI is InChI=1S/C24H29FN6/c1-17(27-20-15-26-30(5)16-20)31-13-7-12-29(4)22-11-10-21(28-23(22)31)18-8-6-9-19(14-18)24(2,3)25/h6,8-11,14-16,27H,1,7,12-13H2,2-5H3. The molecule has 2 aromatic heterocycles. The van der Waals surface area contributed by atoms with Gasteiger partial charge < -0.3 is 15.1 Å². The Kier molecular flexibility index (Phi) is 5.43. The number of aromatic nitrogens is 3. The summed E-state index contributed by atoms with van der Waals surface area (Å²) in [4.78, 5) is 9.33. The summed E-state index contributed by atoms with van der Waals surface area (Å²) in [5.41, 5.74) is 2.84. The van der Waals surface area contributed by atoms with E-state index in [2.05, 4.69) is 39.9 Å². The SMILES string of the molecule is C=C(Nc1cnn(C)c1)N1CCCN(C)c2ccc(-c3cccc(C(C)(C)F)c3)nc21. The molecule has 1 aliphatic rings. The summed E-state index contributed by atoms with van der Waals surface area (Å²) in [5.74, 6) is 1.58. The number of hydrogen-bond donors (Lipinski definition) is 1. The minimum Gasteiger partial charge on any atom is -0.372 e. The van der Waals surface area contributed by atoms with Crippen molar-refractivity contribution in [1.82, 2.24) is 14.8 Å². The van der Waals surface area contributed by atoms with Gasteiger partial charge in [0.25, 0.3) is 0 Å². The van der Waals surface area contributed by atoms with E-state index in [0.717, 1.165) is 53.8 Å². The molecule has 0 saturated carbocycles. The smallest absolute Gasteiger partial charge is 0.158 e. The van der Waals surface area contributed by atoms with Gasteiger partial charge >= 0.3 is 0 Å². The molecule has 0 bridgehead atoms. The third-order valence-electron chi connectivity index (χ3n) is 5.56. The minimum absolute atomic E-state index is 0.637. The van der Waals surface area contributed by atoms with Gasteiger partial charge in [-0.25, -0.2) is 9.37 Å². The summed E-state index contributed by atoms with van der Waals surface area (Å²) < 4.78 is 16.3. The molecular weight excluding hydrogens is 391 g/mol. The van der Waals surface area contributed by atoms with Gasteiger partial charge in [0, 0.05) is 38.9 Å². The van der Waals surface area contributed by atoms with Crippen LogP contribution in [-0.4, -0.2) is 34.9 Å². The maximum absolute atomic E-state index is 14.5. The summed E-state index contributed by atoms with van der Waals surface area (Å²) in [7, 11) is 3.96. The first kappa shape index (κ1) is 20.9. The highest BCUT2D eigenvalue weighted by molar-refractivity contribution is 5.75. The molecule has 0 fully saturated rings. The molecule has 0 amide bonds. The zero-order chi connectivity index (χ0) is 22.2. The number of halogens is 1. The van der Waals surface area contributed by atoms with Crippen molar-refractivity contribution in [2.24, 2.45) is 7.05 Å². The molecule has 0 radical (unpaired) electrons. The van der Waals surface area contributed by atoms with E-state index < -0.39 is 5.67 Å². The molecule has 31 heavy (non-hydrogen) atoms. The molecule has 3 aromatic rings. The Morgan fingerprint density at radius 1 is 1.16 bits per heavy atom. The van der Waals surface area contributed by atoms with Gasteiger partial charge in [0.15, 0.2) is 5.82 Å². The molecule has 162 valence electrons. The van der Waals surface area contributed by atoms with Gasteiger partial charge in [-0.2, -0.15) is 5.10 Å². The number of hydrogen-bond acceptors (Lipinski definition) is 5. The van der Waals surface area contributed by atoms with E-state index in [-0.39, 0.29) is 0 Å². The number of benzene rings is 1. The maximum Gasteiger partial charge on any atom is 0.158 e. The summed E-state index contributed by atoms with van der Waals surface area (Å²) in [6.45, 7) is 9.12. The van der Waals surface area contributed by atoms with Crippen LogP contribution in [0.3, 0.4) is 0 Å². The lowest BCUT2D eigenvalue weighted by molar-refractivity contribution is 0.221. The molecule has 1 aromatic carbocycles. The number of fused-ring (bicyclic) bond motifs is 1. The maximum atomic E-state index is 14.5. The van der Waals surface area contributed by atoms with Crippen molar-refractivity contribution in [3.05, 3.63) is 66.8 Å². The van der Waals surface area contributed by atoms with Crippen LogP contribution >= 0.6 is 0 Å². The number of nitrogens with zero attached hydrogens (tertiary/aromatic N) is 5. The lowest BCUT2D eigenvalue weighted by atomic mass is 9.97. The number of nitrogens with one attached hydrogen (secondary N) is 1. The number of pyridine rings is 1. The fraction of sp³-hybridized carbons (Fsp3) is 0.333. The van der Waals surface area contributed by atoms with E-state index >= 15 is 0 Å². The molecule has 0 unspecified atom stereocenters. The third kappa shape index (κ3) is 4.40. The van der Waals surface area contributed by atoms with E-state index in [1.165, 1.54) is 0 Å². The molecule has 1 N–H and O–H groups in total. The Morgan fingerprint density at radius 3 is 2.68 bits per heavy atom. The van der Waals surface area contributed by atoms with Crippen molar-refractivity contribution in [3.63, 3.8) is 0 Å². The minimum atomic E-state index is -1.41. The number of rotatable bonds is 5. The Bertz CT molecular complexity index is 1100. The first-order valence-corrected chi connectivity index (χ1v) is 10.5. The van der Waals surface area contributed by atoms with Crippen molar-refractivity contribution in [3.8, 4) is 11.3 Å². The molecule has 0 saturated heterocycles. The molecule has 4 rings (SSSR count). The number of anilines is 3. The topological polar surface area (TPSA) is 49.2 Å². The molecule has 3 heterocycles. The Labute approximate surface area is 183 Å². The van der Waals surface area contributed by atoms with Crippen LogP contribution in [0, 0.1) is 0 Å². The summed E-state index contributed by atoms with van der Waals surface area (Å²) in [6.07, 6.45) is 4.65. The van der Waals surface area contributed by atoms with Gasteiger partial charge in [-0.15, -0.1) is 0 Å². The fourth-order valence-corrected chi connectivity index (χ4v) is 3.82. The van der Waals surface area contributed by atoms with Crippen LogP contribution in [0.1, 0.15) is 25.8 Å². The van der Waals surface area contributed by atoms with E-state index in [9.17, 15) is 4.39 Å². The van der Waals surface area contributed by atoms with Crippen LogP contribution in [0.2, 0.25) is 0 Å². The lowest BCUT2D eigenvalue weighted by Gasteiger charge is -2.27. The third-order valence-corrected chi connectivity index (χ3v) is 5.56. The first-order valence-electron chi connectivity index (χ1n) is 10.5. The Morgan fingerprint density at radius 2 is 1.97 bits per heavy atom. The van der Waals surface area contributed by atoms with Crippen LogP contribution < -0.4 is 15.1 Å². The largest absolute Gasteiger partial charge is 0.372 e. The molecule has 1 aliphatic heterocycles. The van der Waals surface area contributed by atoms with Crippen molar-refractivity contribution in [2.75, 3.05) is 35.3 Å². The first-order chi connectivity index (χ1) is 14.7. The molecule has 0 aliphatic carbocycles. The number of aryl methyl sites for hydroxylation is 1. The second kappa shape index (κ2) is 8.06. The van der Waals surface area contributed by atoms with Gasteiger partial charge in [-0.05, 0) is 44.0 Å². The lowest BCUT2D eigenvalue weighted by Crippen LogP contribution is -2.27. The highest BCUT2D eigenvalue weighted by Gasteiger charge is 2.24. The van der Waals surface area contributed by atoms with E-state index in [1.54, 1.807) is 24.7 Å². The van der Waals surface area contributed by atoms with Crippen LogP contribution in [0.15, 0.2) is 61.2 Å². The van der Waals surface area contributed by atoms with Gasteiger partial charge in [0.2, 0.25) is 0 Å². The molecule has 0 spiro atoms. The fourth-order valence-electron chi connectivity index (χ4n) is 3.82. The zero-order valence-corrected chi connectivity index (χ0v) is 18.6. The van der Waals surface area contributed by atoms with Gasteiger partial charge in [-0.1, -0.05) is 24.8 Å². The summed E-state index contributed by atoms with van der Waals surface area (Å²) in [6, 6.07) is 11.6. The van der Waals surface area contributed by atoms with Gasteiger partial charge in [0.05, 0.1) is 23.3 Å². The highest BCUT2D eigenvalue weighted by Crippen LogP contribution is 2.35. The van der Waals surface area contributed by atoms with Crippen LogP contribution in [0.25, 0.3) is 11.3 Å². The summed E-state index contributed by atoms with van der Waals surface area (Å²) >= 11 is 0. The second-order valence-electron chi connectivity index (χ2n) is 8.49. The van der Waals surface area contributed by atoms with Crippen LogP contribution in [0.5, 0.6) is 0 Å². The summed E-state index contributed by atoms with van der Waals surface area (Å²) in [5, 5.41) is 7.56. The molecule has 6 nitrogen and oxygen atoms in total. The van der Waals surface area contributed by atoms with Gasteiger partial charge in [-0.3, -0.25) is 4.68 Å². The van der Waals surface area contributed by atoms with Crippen molar-refractivity contribution in [2.45, 2.75) is 25.9 Å². The second-order valence-corrected chi connectivity index (χ2v) is 8.49. The highest BCUT2D eigenvalue weighted by atomic mass is 19.1. The van der Waals surface area contributed by atoms with E-state index in [0.29, 0.717) is 5.56 Å². The van der Waals surface area contributed by atoms with E-state index in [4.69, 9.17) is 4.98 Å². The number of alkyl halides is 1. The Hall–Kier alpha value is -3.35. The van der Waals surface area contributed by atoms with Crippen molar-refractivity contribution >= 4 is 17.2 Å². The predicted molar refractivity (Wildman–Crippen MR) is 125 cm³/mol. The quantitative estimate of drug-likeness (QED) is 0.635.